The van der Waals surface area contributed by atoms with E-state index in [2.05, 4.69) is 20.7 Å². The highest BCUT2D eigenvalue weighted by molar-refractivity contribution is 14.0. The number of furan rings is 1. The summed E-state index contributed by atoms with van der Waals surface area (Å²) in [4.78, 5) is 15.7. The summed E-state index contributed by atoms with van der Waals surface area (Å²) >= 11 is 6.03. The molecular weight excluding hydrogens is 519 g/mol. The van der Waals surface area contributed by atoms with Crippen LogP contribution in [0.4, 0.5) is 0 Å². The number of nitrogens with one attached hydrogen (secondary N) is 2. The standard InChI is InChI=1S/C20H23ClN6O2.HI/c1-2-23-20(24-12-16-8-9-18(29-16)19(22)28)25-13-17(27-11-3-10-26-27)14-4-6-15(21)7-5-14;/h3-11,17H,2,12-13H2,1H3,(H2,22,28)(H2,23,24,25);1H. The van der Waals surface area contributed by atoms with Gasteiger partial charge in [-0.1, -0.05) is 23.7 Å². The molecule has 0 saturated carbocycles. The zero-order chi connectivity index (χ0) is 20.6. The number of hydrogen-bond donors (Lipinski definition) is 3. The molecule has 0 saturated heterocycles. The third-order valence-corrected chi connectivity index (χ3v) is 4.46. The summed E-state index contributed by atoms with van der Waals surface area (Å²) in [6, 6.07) is 12.8. The molecule has 4 N–H and O–H groups in total. The minimum Gasteiger partial charge on any atom is -0.454 e. The number of nitrogens with two attached hydrogens (primary N) is 1. The van der Waals surface area contributed by atoms with Gasteiger partial charge in [-0.2, -0.15) is 5.10 Å². The van der Waals surface area contributed by atoms with Crippen LogP contribution in [0.25, 0.3) is 0 Å². The van der Waals surface area contributed by atoms with E-state index in [0.717, 1.165) is 5.56 Å². The van der Waals surface area contributed by atoms with Crippen molar-refractivity contribution < 1.29 is 9.21 Å². The summed E-state index contributed by atoms with van der Waals surface area (Å²) in [6.07, 6.45) is 3.66. The van der Waals surface area contributed by atoms with Gasteiger partial charge in [0, 0.05) is 30.5 Å². The van der Waals surface area contributed by atoms with E-state index >= 15 is 0 Å². The molecule has 0 aliphatic rings. The monoisotopic (exact) mass is 542 g/mol. The maximum Gasteiger partial charge on any atom is 0.284 e. The van der Waals surface area contributed by atoms with Gasteiger partial charge in [-0.05, 0) is 42.8 Å². The van der Waals surface area contributed by atoms with Crippen LogP contribution in [0.15, 0.2) is 64.3 Å². The zero-order valence-electron chi connectivity index (χ0n) is 16.4. The highest BCUT2D eigenvalue weighted by Gasteiger charge is 2.15. The van der Waals surface area contributed by atoms with Gasteiger partial charge in [0.05, 0.1) is 6.04 Å². The van der Waals surface area contributed by atoms with Gasteiger partial charge < -0.3 is 20.8 Å². The summed E-state index contributed by atoms with van der Waals surface area (Å²) in [7, 11) is 0. The summed E-state index contributed by atoms with van der Waals surface area (Å²) in [6.45, 7) is 3.51. The number of halogens is 2. The lowest BCUT2D eigenvalue weighted by molar-refractivity contribution is 0.0972. The number of carbonyl (C=O) groups is 1. The van der Waals surface area contributed by atoms with E-state index < -0.39 is 5.91 Å². The number of guanidine groups is 1. The molecule has 160 valence electrons. The van der Waals surface area contributed by atoms with Gasteiger partial charge in [0.25, 0.3) is 5.91 Å². The van der Waals surface area contributed by atoms with Crippen molar-refractivity contribution in [2.45, 2.75) is 19.5 Å². The third-order valence-electron chi connectivity index (χ3n) is 4.20. The van der Waals surface area contributed by atoms with Crippen LogP contribution in [0.5, 0.6) is 0 Å². The van der Waals surface area contributed by atoms with Crippen molar-refractivity contribution in [1.29, 1.82) is 0 Å². The summed E-state index contributed by atoms with van der Waals surface area (Å²) in [5.74, 6) is 0.693. The molecule has 30 heavy (non-hydrogen) atoms. The van der Waals surface area contributed by atoms with Gasteiger partial charge in [0.2, 0.25) is 0 Å². The number of rotatable bonds is 8. The minimum absolute atomic E-state index is 0. The van der Waals surface area contributed by atoms with E-state index in [9.17, 15) is 4.79 Å². The van der Waals surface area contributed by atoms with Crippen molar-refractivity contribution >= 4 is 47.4 Å². The first-order valence-corrected chi connectivity index (χ1v) is 9.60. The second-order valence-electron chi connectivity index (χ2n) is 6.26. The largest absolute Gasteiger partial charge is 0.454 e. The molecular formula is C20H24ClIN6O2. The Balaban J connectivity index is 0.00000320. The molecule has 3 rings (SSSR count). The fourth-order valence-electron chi connectivity index (χ4n) is 2.80. The van der Waals surface area contributed by atoms with Crippen molar-refractivity contribution in [2.24, 2.45) is 10.7 Å². The van der Waals surface area contributed by atoms with Crippen molar-refractivity contribution in [2.75, 3.05) is 13.1 Å². The van der Waals surface area contributed by atoms with Crippen molar-refractivity contribution in [3.63, 3.8) is 0 Å². The molecule has 0 bridgehead atoms. The molecule has 2 aromatic heterocycles. The highest BCUT2D eigenvalue weighted by Crippen LogP contribution is 2.19. The first kappa shape index (κ1) is 23.7. The lowest BCUT2D eigenvalue weighted by Crippen LogP contribution is -2.40. The van der Waals surface area contributed by atoms with Gasteiger partial charge in [0.1, 0.15) is 12.3 Å². The second-order valence-corrected chi connectivity index (χ2v) is 6.70. The molecule has 1 unspecified atom stereocenters. The number of aromatic nitrogens is 2. The fraction of sp³-hybridized carbons (Fsp3) is 0.250. The normalized spacial score (nSPS) is 12.1. The van der Waals surface area contributed by atoms with Crippen LogP contribution < -0.4 is 16.4 Å². The second kappa shape index (κ2) is 11.6. The first-order chi connectivity index (χ1) is 14.1. The van der Waals surface area contributed by atoms with Crippen LogP contribution in [0.3, 0.4) is 0 Å². The first-order valence-electron chi connectivity index (χ1n) is 9.22. The average Bonchev–Trinajstić information content (AvgIpc) is 3.40. The van der Waals surface area contributed by atoms with Gasteiger partial charge in [-0.3, -0.25) is 9.48 Å². The number of carbonyl (C=O) groups excluding carboxylic acids is 1. The quantitative estimate of drug-likeness (QED) is 0.230. The number of hydrogen-bond acceptors (Lipinski definition) is 4. The van der Waals surface area contributed by atoms with Crippen LogP contribution in [0.1, 0.15) is 34.8 Å². The van der Waals surface area contributed by atoms with E-state index in [1.807, 2.05) is 48.1 Å². The Morgan fingerprint density at radius 3 is 2.63 bits per heavy atom. The van der Waals surface area contributed by atoms with Crippen LogP contribution in [0.2, 0.25) is 5.02 Å². The van der Waals surface area contributed by atoms with E-state index in [0.29, 0.717) is 29.8 Å². The molecule has 0 spiro atoms. The molecule has 1 amide bonds. The Morgan fingerprint density at radius 2 is 2.03 bits per heavy atom. The predicted octanol–water partition coefficient (Wildman–Crippen LogP) is 3.19. The van der Waals surface area contributed by atoms with Crippen LogP contribution in [0, 0.1) is 0 Å². The topological polar surface area (TPSA) is 110 Å². The molecule has 8 nitrogen and oxygen atoms in total. The SMILES string of the molecule is CCNC(=NCc1ccc(C(N)=O)o1)NCC(c1ccc(Cl)cc1)n1cccn1.I. The van der Waals surface area contributed by atoms with Gasteiger partial charge in [0.15, 0.2) is 11.7 Å². The van der Waals surface area contributed by atoms with Crippen LogP contribution in [-0.4, -0.2) is 34.7 Å². The van der Waals surface area contributed by atoms with Gasteiger partial charge in [-0.25, -0.2) is 4.99 Å². The number of nitrogens with zero attached hydrogens (tertiary/aromatic N) is 3. The molecule has 0 radical (unpaired) electrons. The number of amides is 1. The molecule has 3 aromatic rings. The van der Waals surface area contributed by atoms with E-state index in [1.165, 1.54) is 0 Å². The third kappa shape index (κ3) is 6.49. The smallest absolute Gasteiger partial charge is 0.284 e. The fourth-order valence-corrected chi connectivity index (χ4v) is 2.93. The number of aliphatic imine (C=N–C) groups is 1. The molecule has 10 heteroatoms. The summed E-state index contributed by atoms with van der Waals surface area (Å²) in [5.41, 5.74) is 6.28. The van der Waals surface area contributed by atoms with Crippen molar-refractivity contribution in [3.8, 4) is 0 Å². The minimum atomic E-state index is -0.602. The van der Waals surface area contributed by atoms with E-state index in [1.54, 1.807) is 18.3 Å². The summed E-state index contributed by atoms with van der Waals surface area (Å²) < 4.78 is 7.26. The van der Waals surface area contributed by atoms with Crippen LogP contribution in [-0.2, 0) is 6.54 Å². The highest BCUT2D eigenvalue weighted by atomic mass is 127. The Hall–Kier alpha value is -2.53. The summed E-state index contributed by atoms with van der Waals surface area (Å²) in [5, 5.41) is 11.6. The molecule has 2 heterocycles. The molecule has 0 aliphatic carbocycles. The zero-order valence-corrected chi connectivity index (χ0v) is 19.5. The van der Waals surface area contributed by atoms with Crippen molar-refractivity contribution in [3.05, 3.63) is 77.0 Å². The van der Waals surface area contributed by atoms with Crippen molar-refractivity contribution in [1.82, 2.24) is 20.4 Å². The Kier molecular flexibility index (Phi) is 9.18. The number of benzene rings is 1. The maximum atomic E-state index is 11.2. The lowest BCUT2D eigenvalue weighted by atomic mass is 10.1. The van der Waals surface area contributed by atoms with Gasteiger partial charge in [-0.15, -0.1) is 24.0 Å². The molecule has 0 aliphatic heterocycles. The Bertz CT molecular complexity index is 956. The maximum absolute atomic E-state index is 11.2. The Morgan fingerprint density at radius 1 is 1.27 bits per heavy atom. The average molecular weight is 543 g/mol. The van der Waals surface area contributed by atoms with E-state index in [4.69, 9.17) is 21.8 Å². The number of primary amides is 1. The molecule has 1 atom stereocenters. The lowest BCUT2D eigenvalue weighted by Gasteiger charge is -2.20. The van der Waals surface area contributed by atoms with E-state index in [-0.39, 0.29) is 42.3 Å². The molecule has 0 fully saturated rings. The Labute approximate surface area is 196 Å². The van der Waals surface area contributed by atoms with Gasteiger partial charge >= 0.3 is 0 Å². The molecule has 1 aromatic carbocycles. The van der Waals surface area contributed by atoms with Crippen LogP contribution >= 0.6 is 35.6 Å². The predicted molar refractivity (Wildman–Crippen MR) is 127 cm³/mol.